The molecule has 0 fully saturated rings. The van der Waals surface area contributed by atoms with Crippen LogP contribution in [0.3, 0.4) is 0 Å². The largest absolute Gasteiger partial charge is 0.460 e. The molecule has 0 saturated heterocycles. The molecule has 0 atom stereocenters. The molecule has 1 aliphatic rings. The van der Waals surface area contributed by atoms with Gasteiger partial charge < -0.3 is 14.3 Å². The zero-order chi connectivity index (χ0) is 14.9. The summed E-state index contributed by atoms with van der Waals surface area (Å²) in [5, 5.41) is 4.65. The minimum atomic E-state index is 0.744. The normalized spacial score (nSPS) is 14.4. The summed E-state index contributed by atoms with van der Waals surface area (Å²) in [6.45, 7) is 4.79. The fourth-order valence-electron chi connectivity index (χ4n) is 3.24. The van der Waals surface area contributed by atoms with Gasteiger partial charge in [0.2, 0.25) is 0 Å². The lowest BCUT2D eigenvalue weighted by atomic mass is 10.1. The minimum absolute atomic E-state index is 0.744. The maximum absolute atomic E-state index is 5.87. The Hall–Kier alpha value is -2.07. The summed E-state index contributed by atoms with van der Waals surface area (Å²) in [6, 6.07) is 8.42. The topological polar surface area (TPSA) is 43.0 Å². The van der Waals surface area contributed by atoms with Crippen molar-refractivity contribution in [2.75, 3.05) is 0 Å². The van der Waals surface area contributed by atoms with Gasteiger partial charge in [0.15, 0.2) is 0 Å². The lowest BCUT2D eigenvalue weighted by molar-refractivity contribution is 0.483. The predicted molar refractivity (Wildman–Crippen MR) is 86.7 cm³/mol. The number of aryl methyl sites for hydroxylation is 2. The van der Waals surface area contributed by atoms with Gasteiger partial charge in [-0.1, -0.05) is 11.6 Å². The molecule has 1 aromatic carbocycles. The van der Waals surface area contributed by atoms with Crippen LogP contribution in [0.2, 0.25) is 0 Å². The molecular weight excluding hydrogens is 274 g/mol. The molecule has 1 aliphatic heterocycles. The van der Waals surface area contributed by atoms with Gasteiger partial charge >= 0.3 is 0 Å². The van der Waals surface area contributed by atoms with Crippen molar-refractivity contribution < 1.29 is 4.42 Å². The Morgan fingerprint density at radius 1 is 1.23 bits per heavy atom. The molecule has 4 heteroatoms. The van der Waals surface area contributed by atoms with Crippen LogP contribution in [0.5, 0.6) is 0 Å². The maximum atomic E-state index is 5.87. The van der Waals surface area contributed by atoms with Crippen molar-refractivity contribution in [2.45, 2.75) is 45.8 Å². The highest BCUT2D eigenvalue weighted by molar-refractivity contribution is 5.78. The lowest BCUT2D eigenvalue weighted by Gasteiger charge is -2.16. The quantitative estimate of drug-likeness (QED) is 0.800. The monoisotopic (exact) mass is 295 g/mol. The highest BCUT2D eigenvalue weighted by Crippen LogP contribution is 2.21. The van der Waals surface area contributed by atoms with E-state index in [1.165, 1.54) is 35.3 Å². The molecule has 22 heavy (non-hydrogen) atoms. The molecule has 0 amide bonds. The van der Waals surface area contributed by atoms with Gasteiger partial charge in [0, 0.05) is 31.1 Å². The van der Waals surface area contributed by atoms with Crippen LogP contribution in [-0.2, 0) is 26.1 Å². The number of furan rings is 1. The fourth-order valence-corrected chi connectivity index (χ4v) is 3.24. The van der Waals surface area contributed by atoms with Crippen molar-refractivity contribution in [3.63, 3.8) is 0 Å². The highest BCUT2D eigenvalue weighted by Gasteiger charge is 2.13. The van der Waals surface area contributed by atoms with E-state index in [4.69, 9.17) is 4.42 Å². The van der Waals surface area contributed by atoms with Gasteiger partial charge in [-0.2, -0.15) is 0 Å². The summed E-state index contributed by atoms with van der Waals surface area (Å²) in [4.78, 5) is 4.53. The molecule has 3 heterocycles. The summed E-state index contributed by atoms with van der Waals surface area (Å²) in [5.74, 6) is 2.22. The van der Waals surface area contributed by atoms with Crippen molar-refractivity contribution >= 4 is 11.0 Å². The molecule has 2 aromatic heterocycles. The number of hydrogen-bond donors (Lipinski definition) is 1. The van der Waals surface area contributed by atoms with Crippen LogP contribution >= 0.6 is 0 Å². The molecule has 1 N–H and O–H groups in total. The van der Waals surface area contributed by atoms with Gasteiger partial charge in [-0.05, 0) is 38.0 Å². The first-order valence-corrected chi connectivity index (χ1v) is 8.03. The van der Waals surface area contributed by atoms with Crippen molar-refractivity contribution in [2.24, 2.45) is 0 Å². The molecule has 0 radical (unpaired) electrons. The van der Waals surface area contributed by atoms with E-state index in [2.05, 4.69) is 40.0 Å². The zero-order valence-corrected chi connectivity index (χ0v) is 12.9. The Balaban J connectivity index is 1.42. The summed E-state index contributed by atoms with van der Waals surface area (Å²) in [7, 11) is 0. The van der Waals surface area contributed by atoms with Crippen LogP contribution in [0.4, 0.5) is 0 Å². The van der Waals surface area contributed by atoms with E-state index >= 15 is 0 Å². The fraction of sp³-hybridized carbons (Fsp3) is 0.389. The number of aromatic nitrogens is 2. The van der Waals surface area contributed by atoms with Crippen molar-refractivity contribution in [3.05, 3.63) is 53.3 Å². The smallest absolute Gasteiger partial charge is 0.134 e. The first-order chi connectivity index (χ1) is 10.8. The molecule has 0 bridgehead atoms. The molecule has 4 nitrogen and oxygen atoms in total. The van der Waals surface area contributed by atoms with Crippen LogP contribution in [0.1, 0.15) is 35.7 Å². The number of nitrogens with one attached hydrogen (secondary N) is 1. The van der Waals surface area contributed by atoms with Crippen LogP contribution in [0, 0.1) is 6.92 Å². The summed E-state index contributed by atoms with van der Waals surface area (Å²) in [6.07, 6.45) is 5.65. The second-order valence-corrected chi connectivity index (χ2v) is 6.13. The van der Waals surface area contributed by atoms with Crippen molar-refractivity contribution in [3.8, 4) is 0 Å². The molecule has 4 rings (SSSR count). The Bertz CT molecular complexity index is 800. The van der Waals surface area contributed by atoms with Crippen LogP contribution < -0.4 is 5.32 Å². The maximum Gasteiger partial charge on any atom is 0.134 e. The van der Waals surface area contributed by atoms with Gasteiger partial charge in [-0.25, -0.2) is 4.98 Å². The molecule has 0 spiro atoms. The minimum Gasteiger partial charge on any atom is -0.460 e. The predicted octanol–water partition coefficient (Wildman–Crippen LogP) is 3.56. The third-order valence-electron chi connectivity index (χ3n) is 4.38. The van der Waals surface area contributed by atoms with E-state index < -0.39 is 0 Å². The van der Waals surface area contributed by atoms with E-state index in [1.54, 1.807) is 0 Å². The van der Waals surface area contributed by atoms with Crippen molar-refractivity contribution in [1.82, 2.24) is 14.9 Å². The first kappa shape index (κ1) is 13.6. The number of nitrogens with zero attached hydrogens (tertiary/aromatic N) is 2. The molecule has 0 saturated carbocycles. The Labute approximate surface area is 130 Å². The van der Waals surface area contributed by atoms with Gasteiger partial charge in [0.1, 0.15) is 17.2 Å². The Morgan fingerprint density at radius 2 is 2.18 bits per heavy atom. The van der Waals surface area contributed by atoms with Crippen LogP contribution in [0.15, 0.2) is 34.9 Å². The summed E-state index contributed by atoms with van der Waals surface area (Å²) >= 11 is 0. The molecule has 0 aliphatic carbocycles. The van der Waals surface area contributed by atoms with E-state index in [9.17, 15) is 0 Å². The number of fused-ring (bicyclic) bond motifs is 2. The summed E-state index contributed by atoms with van der Waals surface area (Å²) in [5.41, 5.74) is 3.50. The standard InChI is InChI=1S/C18H21N3O/c1-13-5-6-17-14(8-13)9-16(22-17)12-19-10-15-11-20-18-4-2-3-7-21(15)18/h5-6,8-9,11,19H,2-4,7,10,12H2,1H3. The highest BCUT2D eigenvalue weighted by atomic mass is 16.3. The van der Waals surface area contributed by atoms with Crippen molar-refractivity contribution in [1.29, 1.82) is 0 Å². The van der Waals surface area contributed by atoms with Gasteiger partial charge in [-0.15, -0.1) is 0 Å². The van der Waals surface area contributed by atoms with E-state index in [0.29, 0.717) is 0 Å². The lowest BCUT2D eigenvalue weighted by Crippen LogP contribution is -2.18. The zero-order valence-electron chi connectivity index (χ0n) is 12.9. The van der Waals surface area contributed by atoms with Crippen LogP contribution in [-0.4, -0.2) is 9.55 Å². The number of hydrogen-bond acceptors (Lipinski definition) is 3. The van der Waals surface area contributed by atoms with E-state index in [0.717, 1.165) is 37.4 Å². The van der Waals surface area contributed by atoms with Gasteiger partial charge in [0.25, 0.3) is 0 Å². The van der Waals surface area contributed by atoms with E-state index in [-0.39, 0.29) is 0 Å². The molecule has 3 aromatic rings. The number of benzene rings is 1. The first-order valence-electron chi connectivity index (χ1n) is 8.03. The van der Waals surface area contributed by atoms with Gasteiger partial charge in [0.05, 0.1) is 12.2 Å². The number of rotatable bonds is 4. The third kappa shape index (κ3) is 2.55. The van der Waals surface area contributed by atoms with Crippen LogP contribution in [0.25, 0.3) is 11.0 Å². The average molecular weight is 295 g/mol. The second kappa shape index (κ2) is 5.61. The molecular formula is C18H21N3O. The Morgan fingerprint density at radius 3 is 3.14 bits per heavy atom. The summed E-state index contributed by atoms with van der Waals surface area (Å²) < 4.78 is 8.23. The average Bonchev–Trinajstić information content (AvgIpc) is 3.11. The molecule has 114 valence electrons. The second-order valence-electron chi connectivity index (χ2n) is 6.13. The third-order valence-corrected chi connectivity index (χ3v) is 4.38. The Kier molecular flexibility index (Phi) is 3.47. The number of imidazole rings is 1. The van der Waals surface area contributed by atoms with Gasteiger partial charge in [-0.3, -0.25) is 0 Å². The molecule has 0 unspecified atom stereocenters. The van der Waals surface area contributed by atoms with E-state index in [1.807, 2.05) is 12.3 Å². The SMILES string of the molecule is Cc1ccc2oc(CNCc3cnc4n3CCCC4)cc2c1.